The first-order chi connectivity index (χ1) is 15.7. The number of nitrogens with zero attached hydrogens (tertiary/aromatic N) is 1. The molecule has 0 saturated carbocycles. The van der Waals surface area contributed by atoms with E-state index in [1.54, 1.807) is 24.3 Å². The summed E-state index contributed by atoms with van der Waals surface area (Å²) in [5, 5.41) is 2.86. The number of methoxy groups -OCH3 is 1. The summed E-state index contributed by atoms with van der Waals surface area (Å²) in [6.07, 6.45) is 0.0188. The Labute approximate surface area is 195 Å². The maximum atomic E-state index is 13.1. The van der Waals surface area contributed by atoms with Gasteiger partial charge in [0.05, 0.1) is 23.8 Å². The highest BCUT2D eigenvalue weighted by atomic mass is 32.2. The maximum Gasteiger partial charge on any atom is 0.264 e. The average molecular weight is 469 g/mol. The zero-order chi connectivity index (χ0) is 24.0. The number of hydrogen-bond acceptors (Lipinski definition) is 5. The number of nitrogens with one attached hydrogen (secondary N) is 1. The first-order valence-corrected chi connectivity index (χ1v) is 11.9. The first kappa shape index (κ1) is 24.1. The number of benzene rings is 3. The SMILES string of the molecule is COc1ccccc1N(C)S(=O)(=O)c1ccc(C(=O)NCc2ccccc2OC(C)C)cc1. The monoisotopic (exact) mass is 468 g/mol. The lowest BCUT2D eigenvalue weighted by Gasteiger charge is -2.21. The molecule has 3 aromatic carbocycles. The van der Waals surface area contributed by atoms with Gasteiger partial charge in [-0.05, 0) is 56.3 Å². The Bertz CT molecular complexity index is 1210. The third-order valence-corrected chi connectivity index (χ3v) is 6.76. The summed E-state index contributed by atoms with van der Waals surface area (Å²) in [4.78, 5) is 12.7. The molecule has 0 spiro atoms. The predicted molar refractivity (Wildman–Crippen MR) is 128 cm³/mol. The number of para-hydroxylation sites is 3. The Hall–Kier alpha value is -3.52. The molecule has 0 heterocycles. The van der Waals surface area contributed by atoms with Gasteiger partial charge in [0.25, 0.3) is 15.9 Å². The average Bonchev–Trinajstić information content (AvgIpc) is 2.82. The van der Waals surface area contributed by atoms with Crippen molar-refractivity contribution in [3.05, 3.63) is 83.9 Å². The van der Waals surface area contributed by atoms with E-state index in [1.807, 2.05) is 38.1 Å². The number of ether oxygens (including phenoxy) is 2. The van der Waals surface area contributed by atoms with E-state index in [0.717, 1.165) is 9.87 Å². The first-order valence-electron chi connectivity index (χ1n) is 10.5. The van der Waals surface area contributed by atoms with Crippen LogP contribution in [0.1, 0.15) is 29.8 Å². The van der Waals surface area contributed by atoms with Gasteiger partial charge in [-0.25, -0.2) is 8.42 Å². The van der Waals surface area contributed by atoms with E-state index >= 15 is 0 Å². The molecule has 0 saturated heterocycles. The van der Waals surface area contributed by atoms with Crippen molar-refractivity contribution in [2.24, 2.45) is 0 Å². The molecule has 0 unspecified atom stereocenters. The summed E-state index contributed by atoms with van der Waals surface area (Å²) >= 11 is 0. The highest BCUT2D eigenvalue weighted by Crippen LogP contribution is 2.30. The van der Waals surface area contributed by atoms with Crippen molar-refractivity contribution in [3.8, 4) is 11.5 Å². The maximum absolute atomic E-state index is 13.1. The lowest BCUT2D eigenvalue weighted by Crippen LogP contribution is -2.27. The Morgan fingerprint density at radius 2 is 1.55 bits per heavy atom. The van der Waals surface area contributed by atoms with E-state index in [9.17, 15) is 13.2 Å². The topological polar surface area (TPSA) is 84.9 Å². The largest absolute Gasteiger partial charge is 0.495 e. The summed E-state index contributed by atoms with van der Waals surface area (Å²) in [5.41, 5.74) is 1.64. The molecule has 0 aliphatic carbocycles. The number of rotatable bonds is 9. The van der Waals surface area contributed by atoms with Crippen molar-refractivity contribution in [2.45, 2.75) is 31.4 Å². The van der Waals surface area contributed by atoms with Gasteiger partial charge in [-0.2, -0.15) is 0 Å². The smallest absolute Gasteiger partial charge is 0.264 e. The molecule has 0 fully saturated rings. The molecular weight excluding hydrogens is 440 g/mol. The molecule has 0 aromatic heterocycles. The van der Waals surface area contributed by atoms with E-state index in [1.165, 1.54) is 38.4 Å². The highest BCUT2D eigenvalue weighted by Gasteiger charge is 2.24. The number of carbonyl (C=O) groups excluding carboxylic acids is 1. The van der Waals surface area contributed by atoms with E-state index in [0.29, 0.717) is 22.7 Å². The summed E-state index contributed by atoms with van der Waals surface area (Å²) < 4.78 is 38.4. The van der Waals surface area contributed by atoms with Crippen LogP contribution in [0.15, 0.2) is 77.7 Å². The van der Waals surface area contributed by atoms with Crippen LogP contribution in [0.5, 0.6) is 11.5 Å². The number of sulfonamides is 1. The van der Waals surface area contributed by atoms with Crippen molar-refractivity contribution in [2.75, 3.05) is 18.5 Å². The number of carbonyl (C=O) groups is 1. The predicted octanol–water partition coefficient (Wildman–Crippen LogP) is 4.24. The van der Waals surface area contributed by atoms with E-state index in [2.05, 4.69) is 5.32 Å². The number of hydrogen-bond donors (Lipinski definition) is 1. The highest BCUT2D eigenvalue weighted by molar-refractivity contribution is 7.92. The summed E-state index contributed by atoms with van der Waals surface area (Å²) in [6, 6.07) is 20.2. The zero-order valence-corrected chi connectivity index (χ0v) is 19.9. The minimum Gasteiger partial charge on any atom is -0.495 e. The van der Waals surface area contributed by atoms with Gasteiger partial charge < -0.3 is 14.8 Å². The molecule has 0 aliphatic rings. The van der Waals surface area contributed by atoms with Crippen LogP contribution in [0, 0.1) is 0 Å². The fourth-order valence-corrected chi connectivity index (χ4v) is 4.46. The second-order valence-corrected chi connectivity index (χ2v) is 9.60. The normalized spacial score (nSPS) is 11.2. The van der Waals surface area contributed by atoms with Gasteiger partial charge in [0.2, 0.25) is 0 Å². The number of anilines is 1. The van der Waals surface area contributed by atoms with Crippen LogP contribution in [-0.2, 0) is 16.6 Å². The fraction of sp³-hybridized carbons (Fsp3) is 0.240. The van der Waals surface area contributed by atoms with Gasteiger partial charge in [0, 0.05) is 24.7 Å². The molecule has 0 radical (unpaired) electrons. The summed E-state index contributed by atoms with van der Waals surface area (Å²) in [6.45, 7) is 4.17. The molecule has 1 amide bonds. The molecular formula is C25H28N2O5S. The van der Waals surface area contributed by atoms with Crippen LogP contribution in [0.2, 0.25) is 0 Å². The van der Waals surface area contributed by atoms with Crippen molar-refractivity contribution in [1.29, 1.82) is 0 Å². The third kappa shape index (κ3) is 5.64. The molecule has 3 rings (SSSR count). The van der Waals surface area contributed by atoms with Crippen molar-refractivity contribution in [1.82, 2.24) is 5.32 Å². The Balaban J connectivity index is 1.73. The van der Waals surface area contributed by atoms with E-state index in [4.69, 9.17) is 9.47 Å². The van der Waals surface area contributed by atoms with Gasteiger partial charge in [0.15, 0.2) is 0 Å². The third-order valence-electron chi connectivity index (χ3n) is 4.97. The van der Waals surface area contributed by atoms with Crippen LogP contribution in [0.3, 0.4) is 0 Å². The van der Waals surface area contributed by atoms with Gasteiger partial charge in [-0.1, -0.05) is 30.3 Å². The van der Waals surface area contributed by atoms with Crippen LogP contribution >= 0.6 is 0 Å². The molecule has 8 heteroatoms. The van der Waals surface area contributed by atoms with Crippen molar-refractivity contribution >= 4 is 21.6 Å². The molecule has 7 nitrogen and oxygen atoms in total. The molecule has 1 N–H and O–H groups in total. The van der Waals surface area contributed by atoms with Crippen LogP contribution < -0.4 is 19.1 Å². The molecule has 33 heavy (non-hydrogen) atoms. The summed E-state index contributed by atoms with van der Waals surface area (Å²) in [7, 11) is -0.886. The van der Waals surface area contributed by atoms with Gasteiger partial charge in [-0.3, -0.25) is 9.10 Å². The van der Waals surface area contributed by atoms with E-state index < -0.39 is 10.0 Å². The van der Waals surface area contributed by atoms with Gasteiger partial charge in [-0.15, -0.1) is 0 Å². The lowest BCUT2D eigenvalue weighted by molar-refractivity contribution is 0.0950. The van der Waals surface area contributed by atoms with Gasteiger partial charge >= 0.3 is 0 Å². The Morgan fingerprint density at radius 1 is 0.939 bits per heavy atom. The van der Waals surface area contributed by atoms with Crippen molar-refractivity contribution < 1.29 is 22.7 Å². The molecule has 0 bridgehead atoms. The second kappa shape index (κ2) is 10.4. The lowest BCUT2D eigenvalue weighted by atomic mass is 10.1. The molecule has 0 aliphatic heterocycles. The minimum absolute atomic E-state index is 0.0188. The Kier molecular flexibility index (Phi) is 7.60. The quantitative estimate of drug-likeness (QED) is 0.508. The summed E-state index contributed by atoms with van der Waals surface area (Å²) in [5.74, 6) is 0.853. The molecule has 3 aromatic rings. The minimum atomic E-state index is -3.83. The van der Waals surface area contributed by atoms with Crippen molar-refractivity contribution in [3.63, 3.8) is 0 Å². The molecule has 174 valence electrons. The Morgan fingerprint density at radius 3 is 2.18 bits per heavy atom. The van der Waals surface area contributed by atoms with Crippen LogP contribution in [0.4, 0.5) is 5.69 Å². The number of amides is 1. The zero-order valence-electron chi connectivity index (χ0n) is 19.1. The molecule has 0 atom stereocenters. The van der Waals surface area contributed by atoms with Gasteiger partial charge in [0.1, 0.15) is 11.5 Å². The van der Waals surface area contributed by atoms with Crippen LogP contribution in [-0.4, -0.2) is 34.6 Å². The van der Waals surface area contributed by atoms with E-state index in [-0.39, 0.29) is 23.5 Å². The second-order valence-electron chi connectivity index (χ2n) is 7.63. The standard InChI is InChI=1S/C25H28N2O5S/c1-18(2)32-23-11-7-5-9-20(23)17-26-25(28)19-13-15-21(16-14-19)33(29,30)27(3)22-10-6-8-12-24(22)31-4/h5-16,18H,17H2,1-4H3,(H,26,28). The fourth-order valence-electron chi connectivity index (χ4n) is 3.25. The van der Waals surface area contributed by atoms with Crippen LogP contribution in [0.25, 0.3) is 0 Å².